The smallest absolute Gasteiger partial charge is 0.0406 e. The van der Waals surface area contributed by atoms with Crippen LogP contribution in [0.15, 0.2) is 42.5 Å². The lowest BCUT2D eigenvalue weighted by Gasteiger charge is -2.27. The second kappa shape index (κ2) is 4.75. The van der Waals surface area contributed by atoms with Crippen LogP contribution in [0.2, 0.25) is 5.02 Å². The van der Waals surface area contributed by atoms with E-state index in [1.807, 2.05) is 12.1 Å². The normalized spacial score (nSPS) is 15.4. The Kier molecular flexibility index (Phi) is 3.11. The van der Waals surface area contributed by atoms with Gasteiger partial charge in [0.25, 0.3) is 0 Å². The first-order valence-electron chi connectivity index (χ1n) is 6.29. The zero-order chi connectivity index (χ0) is 12.5. The van der Waals surface area contributed by atoms with E-state index in [1.165, 1.54) is 22.3 Å². The van der Waals surface area contributed by atoms with E-state index in [1.54, 1.807) is 0 Å². The molecular formula is C16H16ClN. The minimum Gasteiger partial charge on any atom is -0.302 e. The fraction of sp³-hybridized carbons (Fsp3) is 0.250. The zero-order valence-electron chi connectivity index (χ0n) is 10.5. The molecule has 0 saturated heterocycles. The maximum atomic E-state index is 5.96. The van der Waals surface area contributed by atoms with E-state index in [2.05, 4.69) is 42.3 Å². The molecule has 2 heteroatoms. The zero-order valence-corrected chi connectivity index (χ0v) is 11.2. The summed E-state index contributed by atoms with van der Waals surface area (Å²) in [6, 6.07) is 14.8. The van der Waals surface area contributed by atoms with Gasteiger partial charge < -0.3 is 4.90 Å². The molecule has 0 amide bonds. The van der Waals surface area contributed by atoms with E-state index >= 15 is 0 Å². The average molecular weight is 258 g/mol. The molecule has 0 bridgehead atoms. The van der Waals surface area contributed by atoms with Crippen molar-refractivity contribution in [2.75, 3.05) is 13.6 Å². The first-order valence-corrected chi connectivity index (χ1v) is 6.67. The second-order valence-corrected chi connectivity index (χ2v) is 5.37. The molecule has 0 fully saturated rings. The maximum absolute atomic E-state index is 5.96. The molecule has 2 aromatic carbocycles. The monoisotopic (exact) mass is 257 g/mol. The molecule has 0 atom stereocenters. The molecule has 1 aliphatic rings. The molecule has 2 aromatic rings. The third kappa shape index (κ3) is 2.16. The predicted molar refractivity (Wildman–Crippen MR) is 76.9 cm³/mol. The summed E-state index contributed by atoms with van der Waals surface area (Å²) in [6.07, 6.45) is 1.15. The van der Waals surface area contributed by atoms with Gasteiger partial charge in [0.1, 0.15) is 0 Å². The number of likely N-dealkylation sites (N-methyl/N-ethyl adjacent to an activating group) is 1. The van der Waals surface area contributed by atoms with E-state index in [-0.39, 0.29) is 0 Å². The molecule has 92 valence electrons. The van der Waals surface area contributed by atoms with Crippen molar-refractivity contribution in [1.29, 1.82) is 0 Å². The summed E-state index contributed by atoms with van der Waals surface area (Å²) in [7, 11) is 2.18. The van der Waals surface area contributed by atoms with Gasteiger partial charge in [-0.25, -0.2) is 0 Å². The van der Waals surface area contributed by atoms with E-state index in [9.17, 15) is 0 Å². The van der Waals surface area contributed by atoms with Crippen molar-refractivity contribution < 1.29 is 0 Å². The molecule has 18 heavy (non-hydrogen) atoms. The van der Waals surface area contributed by atoms with Gasteiger partial charge in [0.05, 0.1) is 0 Å². The highest BCUT2D eigenvalue weighted by Crippen LogP contribution is 2.30. The van der Waals surface area contributed by atoms with E-state index in [0.29, 0.717) is 0 Å². The first-order chi connectivity index (χ1) is 8.74. The largest absolute Gasteiger partial charge is 0.302 e. The summed E-state index contributed by atoms with van der Waals surface area (Å²) in [6.45, 7) is 2.19. The van der Waals surface area contributed by atoms with Crippen molar-refractivity contribution in [2.45, 2.75) is 13.0 Å². The fourth-order valence-electron chi connectivity index (χ4n) is 2.62. The van der Waals surface area contributed by atoms with Gasteiger partial charge in [0.15, 0.2) is 0 Å². The number of fused-ring (bicyclic) bond motifs is 1. The molecule has 0 spiro atoms. The van der Waals surface area contributed by atoms with Gasteiger partial charge in [0.2, 0.25) is 0 Å². The summed E-state index contributed by atoms with van der Waals surface area (Å²) in [5.74, 6) is 0. The van der Waals surface area contributed by atoms with Crippen molar-refractivity contribution in [2.24, 2.45) is 0 Å². The Labute approximate surface area is 113 Å². The summed E-state index contributed by atoms with van der Waals surface area (Å²) >= 11 is 5.96. The number of hydrogen-bond donors (Lipinski definition) is 0. The lowest BCUT2D eigenvalue weighted by Crippen LogP contribution is -2.26. The SMILES string of the molecule is CN1CCc2cccc(-c3ccc(Cl)cc3)c2C1. The quantitative estimate of drug-likeness (QED) is 0.747. The molecular weight excluding hydrogens is 242 g/mol. The molecule has 0 aromatic heterocycles. The van der Waals surface area contributed by atoms with E-state index in [0.717, 1.165) is 24.5 Å². The van der Waals surface area contributed by atoms with Crippen LogP contribution in [0, 0.1) is 0 Å². The van der Waals surface area contributed by atoms with Gasteiger partial charge in [-0.15, -0.1) is 0 Å². The second-order valence-electron chi connectivity index (χ2n) is 4.94. The summed E-state index contributed by atoms with van der Waals surface area (Å²) in [5, 5.41) is 0.792. The summed E-state index contributed by atoms with van der Waals surface area (Å²) in [5.41, 5.74) is 5.55. The standard InChI is InChI=1S/C16H16ClN/c1-18-10-9-12-3-2-4-15(16(12)11-18)13-5-7-14(17)8-6-13/h2-8H,9-11H2,1H3. The van der Waals surface area contributed by atoms with Crippen LogP contribution in [0.1, 0.15) is 11.1 Å². The van der Waals surface area contributed by atoms with Gasteiger partial charge in [-0.2, -0.15) is 0 Å². The maximum Gasteiger partial charge on any atom is 0.0406 e. The fourth-order valence-corrected chi connectivity index (χ4v) is 2.74. The Hall–Kier alpha value is -1.31. The molecule has 0 N–H and O–H groups in total. The Balaban J connectivity index is 2.09. The van der Waals surface area contributed by atoms with Gasteiger partial charge in [-0.3, -0.25) is 0 Å². The van der Waals surface area contributed by atoms with Crippen LogP contribution >= 0.6 is 11.6 Å². The van der Waals surface area contributed by atoms with Crippen molar-refractivity contribution in [1.82, 2.24) is 4.90 Å². The van der Waals surface area contributed by atoms with Crippen LogP contribution < -0.4 is 0 Å². The Morgan fingerprint density at radius 1 is 1.06 bits per heavy atom. The Bertz CT molecular complexity index is 560. The molecule has 1 heterocycles. The van der Waals surface area contributed by atoms with Gasteiger partial charge >= 0.3 is 0 Å². The van der Waals surface area contributed by atoms with Crippen molar-refractivity contribution >= 4 is 11.6 Å². The highest BCUT2D eigenvalue weighted by atomic mass is 35.5. The molecule has 1 nitrogen and oxygen atoms in total. The Morgan fingerprint density at radius 2 is 1.83 bits per heavy atom. The van der Waals surface area contributed by atoms with Crippen molar-refractivity contribution in [3.05, 3.63) is 58.6 Å². The van der Waals surface area contributed by atoms with Crippen molar-refractivity contribution in [3.63, 3.8) is 0 Å². The molecule has 0 radical (unpaired) electrons. The predicted octanol–water partition coefficient (Wildman–Crippen LogP) is 3.99. The minimum absolute atomic E-state index is 0.792. The van der Waals surface area contributed by atoms with E-state index in [4.69, 9.17) is 11.6 Å². The lowest BCUT2D eigenvalue weighted by atomic mass is 9.91. The van der Waals surface area contributed by atoms with E-state index < -0.39 is 0 Å². The van der Waals surface area contributed by atoms with Crippen LogP contribution in [-0.4, -0.2) is 18.5 Å². The molecule has 1 aliphatic heterocycles. The summed E-state index contributed by atoms with van der Waals surface area (Å²) < 4.78 is 0. The lowest BCUT2D eigenvalue weighted by molar-refractivity contribution is 0.313. The molecule has 3 rings (SSSR count). The minimum atomic E-state index is 0.792. The van der Waals surface area contributed by atoms with Gasteiger partial charge in [-0.1, -0.05) is 41.9 Å². The van der Waals surface area contributed by atoms with Crippen LogP contribution in [0.3, 0.4) is 0 Å². The highest BCUT2D eigenvalue weighted by molar-refractivity contribution is 6.30. The molecule has 0 saturated carbocycles. The van der Waals surface area contributed by atoms with Crippen LogP contribution in [-0.2, 0) is 13.0 Å². The number of halogens is 1. The third-order valence-corrected chi connectivity index (χ3v) is 3.87. The molecule has 0 aliphatic carbocycles. The number of rotatable bonds is 1. The topological polar surface area (TPSA) is 3.24 Å². The number of benzene rings is 2. The molecule has 0 unspecified atom stereocenters. The third-order valence-electron chi connectivity index (χ3n) is 3.62. The number of nitrogens with zero attached hydrogens (tertiary/aromatic N) is 1. The van der Waals surface area contributed by atoms with Crippen LogP contribution in [0.5, 0.6) is 0 Å². The first kappa shape index (κ1) is 11.8. The van der Waals surface area contributed by atoms with Crippen molar-refractivity contribution in [3.8, 4) is 11.1 Å². The number of hydrogen-bond acceptors (Lipinski definition) is 1. The average Bonchev–Trinajstić information content (AvgIpc) is 2.39. The summed E-state index contributed by atoms with van der Waals surface area (Å²) in [4.78, 5) is 2.38. The highest BCUT2D eigenvalue weighted by Gasteiger charge is 2.16. The van der Waals surface area contributed by atoms with Gasteiger partial charge in [0, 0.05) is 18.1 Å². The van der Waals surface area contributed by atoms with Crippen LogP contribution in [0.25, 0.3) is 11.1 Å². The van der Waals surface area contributed by atoms with Crippen LogP contribution in [0.4, 0.5) is 0 Å². The Morgan fingerprint density at radius 3 is 2.61 bits per heavy atom. The van der Waals surface area contributed by atoms with Gasteiger partial charge in [-0.05, 0) is 47.9 Å².